The highest BCUT2D eigenvalue weighted by Crippen LogP contribution is 2.42. The summed E-state index contributed by atoms with van der Waals surface area (Å²) in [5.74, 6) is 0.467. The molecule has 0 amide bonds. The maximum Gasteiger partial charge on any atom is 0.408 e. The minimum atomic E-state index is -4.84. The van der Waals surface area contributed by atoms with E-state index in [0.717, 1.165) is 0 Å². The molecule has 1 aromatic heterocycles. The molecule has 1 unspecified atom stereocenters. The van der Waals surface area contributed by atoms with E-state index in [1.807, 2.05) is 25.5 Å². The lowest BCUT2D eigenvalue weighted by molar-refractivity contribution is -0.152. The number of rotatable bonds is 7. The Morgan fingerprint density at radius 2 is 1.89 bits per heavy atom. The minimum absolute atomic E-state index is 0.151. The summed E-state index contributed by atoms with van der Waals surface area (Å²) in [7, 11) is -2.66. The van der Waals surface area contributed by atoms with Crippen LogP contribution in [0.25, 0.3) is 22.0 Å². The van der Waals surface area contributed by atoms with Crippen molar-refractivity contribution in [3.8, 4) is 22.9 Å². The third-order valence-corrected chi connectivity index (χ3v) is 8.54. The summed E-state index contributed by atoms with van der Waals surface area (Å²) in [6, 6.07) is 9.76. The van der Waals surface area contributed by atoms with Crippen molar-refractivity contribution in [1.82, 2.24) is 9.29 Å². The smallest absolute Gasteiger partial charge is 0.408 e. The number of methoxy groups -OCH3 is 1. The Hall–Kier alpha value is -3.03. The van der Waals surface area contributed by atoms with Gasteiger partial charge in [0.15, 0.2) is 0 Å². The highest BCUT2D eigenvalue weighted by molar-refractivity contribution is 7.90. The highest BCUT2D eigenvalue weighted by atomic mass is 32.2. The number of nitrogens with zero attached hydrogens (tertiary/aromatic N) is 2. The molecule has 37 heavy (non-hydrogen) atoms. The summed E-state index contributed by atoms with van der Waals surface area (Å²) in [5.41, 5.74) is 1.60. The second kappa shape index (κ2) is 9.69. The number of aromatic nitrogens is 1. The topological polar surface area (TPSA) is 84.1 Å². The number of hydrogen-bond acceptors (Lipinski definition) is 4. The Bertz CT molecular complexity index is 1460. The van der Waals surface area contributed by atoms with Gasteiger partial charge in [0.1, 0.15) is 11.8 Å². The number of benzene rings is 2. The van der Waals surface area contributed by atoms with E-state index >= 15 is 0 Å². The van der Waals surface area contributed by atoms with Crippen molar-refractivity contribution in [1.29, 1.82) is 5.26 Å². The van der Waals surface area contributed by atoms with Crippen molar-refractivity contribution in [2.45, 2.75) is 64.0 Å². The zero-order chi connectivity index (χ0) is 27.2. The van der Waals surface area contributed by atoms with E-state index < -0.39 is 27.5 Å². The van der Waals surface area contributed by atoms with Crippen LogP contribution in [-0.4, -0.2) is 31.5 Å². The summed E-state index contributed by atoms with van der Waals surface area (Å²) >= 11 is 0. The molecule has 0 radical (unpaired) electrons. The van der Waals surface area contributed by atoms with Gasteiger partial charge >= 0.3 is 6.18 Å². The van der Waals surface area contributed by atoms with E-state index in [0.29, 0.717) is 59.2 Å². The third kappa shape index (κ3) is 5.48. The van der Waals surface area contributed by atoms with Crippen molar-refractivity contribution in [3.05, 3.63) is 53.7 Å². The standard InChI is InChI=1S/C27H30F3N3O3S/c1-26(2,3)16-33-15-21(25(27(28,29)30)32-37(34,35)19-8-6-9-19)20-12-11-17(13-22(20)33)24-18(14-31)7-5-10-23(24)36-4/h5,7,10-13,15,19,25,32H,6,8-9,16H2,1-4H3. The number of alkyl halides is 3. The lowest BCUT2D eigenvalue weighted by Crippen LogP contribution is -2.44. The summed E-state index contributed by atoms with van der Waals surface area (Å²) in [5, 5.41) is 9.15. The minimum Gasteiger partial charge on any atom is -0.496 e. The second-order valence-corrected chi connectivity index (χ2v) is 12.7. The predicted molar refractivity (Wildman–Crippen MR) is 137 cm³/mol. The molecule has 1 fully saturated rings. The van der Waals surface area contributed by atoms with E-state index in [2.05, 4.69) is 6.07 Å². The van der Waals surface area contributed by atoms with Gasteiger partial charge < -0.3 is 9.30 Å². The fourth-order valence-electron chi connectivity index (χ4n) is 4.69. The lowest BCUT2D eigenvalue weighted by Gasteiger charge is -2.29. The van der Waals surface area contributed by atoms with Crippen LogP contribution in [0.15, 0.2) is 42.6 Å². The van der Waals surface area contributed by atoms with Gasteiger partial charge in [-0.2, -0.15) is 23.2 Å². The number of ether oxygens (including phenoxy) is 1. The number of hydrogen-bond donors (Lipinski definition) is 1. The molecular formula is C27H30F3N3O3S. The van der Waals surface area contributed by atoms with Crippen LogP contribution in [0.1, 0.15) is 57.2 Å². The molecule has 6 nitrogen and oxygen atoms in total. The molecule has 1 aliphatic carbocycles. The first kappa shape index (κ1) is 27.0. The fourth-order valence-corrected chi connectivity index (χ4v) is 6.42. The van der Waals surface area contributed by atoms with Crippen molar-refractivity contribution in [2.24, 2.45) is 5.41 Å². The summed E-state index contributed by atoms with van der Waals surface area (Å²) < 4.78 is 77.7. The number of sulfonamides is 1. The van der Waals surface area contributed by atoms with Gasteiger partial charge in [-0.25, -0.2) is 8.42 Å². The fraction of sp³-hybridized carbons (Fsp3) is 0.444. The van der Waals surface area contributed by atoms with E-state index in [9.17, 15) is 26.9 Å². The molecular weight excluding hydrogens is 503 g/mol. The van der Waals surface area contributed by atoms with Crippen molar-refractivity contribution < 1.29 is 26.3 Å². The Kier molecular flexibility index (Phi) is 7.08. The predicted octanol–water partition coefficient (Wildman–Crippen LogP) is 6.31. The molecule has 1 atom stereocenters. The zero-order valence-corrected chi connectivity index (χ0v) is 22.0. The molecule has 1 heterocycles. The first-order valence-electron chi connectivity index (χ1n) is 12.0. The molecule has 198 valence electrons. The van der Waals surface area contributed by atoms with Crippen LogP contribution in [0.4, 0.5) is 13.2 Å². The molecule has 1 aliphatic rings. The van der Waals surface area contributed by atoms with Crippen LogP contribution in [0.2, 0.25) is 0 Å². The summed E-state index contributed by atoms with van der Waals surface area (Å²) in [6.45, 7) is 6.30. The molecule has 0 saturated heterocycles. The van der Waals surface area contributed by atoms with Crippen molar-refractivity contribution in [3.63, 3.8) is 0 Å². The van der Waals surface area contributed by atoms with Crippen LogP contribution in [-0.2, 0) is 16.6 Å². The number of nitrogens with one attached hydrogen (secondary N) is 1. The number of nitriles is 1. The van der Waals surface area contributed by atoms with E-state index in [1.165, 1.54) is 13.3 Å². The van der Waals surface area contributed by atoms with Gasteiger partial charge in [-0.15, -0.1) is 0 Å². The average Bonchev–Trinajstić information content (AvgIpc) is 3.10. The van der Waals surface area contributed by atoms with Crippen LogP contribution in [0.5, 0.6) is 5.75 Å². The van der Waals surface area contributed by atoms with Gasteiger partial charge in [-0.3, -0.25) is 0 Å². The van der Waals surface area contributed by atoms with Crippen LogP contribution in [0.3, 0.4) is 0 Å². The van der Waals surface area contributed by atoms with E-state index in [-0.39, 0.29) is 11.0 Å². The molecule has 0 spiro atoms. The van der Waals surface area contributed by atoms with Gasteiger partial charge in [0.05, 0.1) is 24.0 Å². The monoisotopic (exact) mass is 533 g/mol. The molecule has 0 bridgehead atoms. The van der Waals surface area contributed by atoms with Crippen LogP contribution < -0.4 is 9.46 Å². The largest absolute Gasteiger partial charge is 0.496 e. The Labute approximate surface area is 215 Å². The molecule has 0 aliphatic heterocycles. The normalized spacial score (nSPS) is 15.8. The molecule has 4 rings (SSSR count). The number of halogens is 3. The first-order chi connectivity index (χ1) is 17.2. The summed E-state index contributed by atoms with van der Waals surface area (Å²) in [6.07, 6.45) is -2.05. The molecule has 1 saturated carbocycles. The maximum absolute atomic E-state index is 14.3. The van der Waals surface area contributed by atoms with E-state index in [4.69, 9.17) is 4.74 Å². The summed E-state index contributed by atoms with van der Waals surface area (Å²) in [4.78, 5) is 0. The molecule has 2 aromatic carbocycles. The first-order valence-corrected chi connectivity index (χ1v) is 13.6. The van der Waals surface area contributed by atoms with Crippen molar-refractivity contribution >= 4 is 20.9 Å². The van der Waals surface area contributed by atoms with Gasteiger partial charge in [0.25, 0.3) is 0 Å². The molecule has 10 heteroatoms. The Morgan fingerprint density at radius 1 is 1.19 bits per heavy atom. The average molecular weight is 534 g/mol. The Morgan fingerprint density at radius 3 is 2.43 bits per heavy atom. The van der Waals surface area contributed by atoms with Gasteiger partial charge in [-0.1, -0.05) is 45.4 Å². The SMILES string of the molecule is COc1cccc(C#N)c1-c1ccc2c(C(NS(=O)(=O)C3CCC3)C(F)(F)F)cn(CC(C)(C)C)c2c1. The maximum atomic E-state index is 14.3. The van der Waals surface area contributed by atoms with Gasteiger partial charge in [0.2, 0.25) is 10.0 Å². The molecule has 3 aromatic rings. The van der Waals surface area contributed by atoms with Gasteiger partial charge in [-0.05, 0) is 42.0 Å². The van der Waals surface area contributed by atoms with Crippen LogP contribution in [0, 0.1) is 16.7 Å². The molecule has 1 N–H and O–H groups in total. The quantitative estimate of drug-likeness (QED) is 0.386. The number of fused-ring (bicyclic) bond motifs is 1. The highest BCUT2D eigenvalue weighted by Gasteiger charge is 2.46. The van der Waals surface area contributed by atoms with Crippen molar-refractivity contribution in [2.75, 3.05) is 7.11 Å². The van der Waals surface area contributed by atoms with E-state index in [1.54, 1.807) is 41.0 Å². The second-order valence-electron chi connectivity index (χ2n) is 10.7. The Balaban J connectivity index is 1.92. The zero-order valence-electron chi connectivity index (χ0n) is 21.2. The van der Waals surface area contributed by atoms with Gasteiger partial charge in [0, 0.05) is 34.8 Å². The van der Waals surface area contributed by atoms with Crippen LogP contribution >= 0.6 is 0 Å². The third-order valence-electron chi connectivity index (χ3n) is 6.62. The lowest BCUT2D eigenvalue weighted by atomic mass is 9.96.